The summed E-state index contributed by atoms with van der Waals surface area (Å²) in [5, 5.41) is 14.2. The lowest BCUT2D eigenvalue weighted by atomic mass is 9.85. The lowest BCUT2D eigenvalue weighted by molar-refractivity contribution is -0.143. The molecule has 0 N–H and O–H groups in total. The molecule has 7 nitrogen and oxygen atoms in total. The molecule has 4 aromatic rings. The predicted octanol–water partition coefficient (Wildman–Crippen LogP) is 7.12. The van der Waals surface area contributed by atoms with Gasteiger partial charge in [0.25, 0.3) is 0 Å². The van der Waals surface area contributed by atoms with Crippen LogP contribution >= 0.6 is 0 Å². The SMILES string of the molecule is C=C[C@@H](CC(=O)OCC)c1ccc(OCc2cc(-c3ccc(C(C)(C)C#N)cc3)c3nc(C(C)C)nn3c2)cc1. The highest BCUT2D eigenvalue weighted by atomic mass is 16.5. The zero-order chi connectivity index (χ0) is 28.9. The number of allylic oxidation sites excluding steroid dienone is 1. The minimum atomic E-state index is -0.566. The predicted molar refractivity (Wildman–Crippen MR) is 156 cm³/mol. The molecule has 4 rings (SSSR count). The quantitative estimate of drug-likeness (QED) is 0.150. The molecule has 0 aliphatic carbocycles. The van der Waals surface area contributed by atoms with Crippen LogP contribution in [0.15, 0.2) is 73.4 Å². The van der Waals surface area contributed by atoms with Crippen LogP contribution < -0.4 is 4.74 Å². The second-order valence-electron chi connectivity index (χ2n) is 10.7. The third-order valence-corrected chi connectivity index (χ3v) is 6.91. The molecular formula is C33H36N4O3. The van der Waals surface area contributed by atoms with Gasteiger partial charge in [-0.3, -0.25) is 4.79 Å². The van der Waals surface area contributed by atoms with Gasteiger partial charge in [-0.15, -0.1) is 6.58 Å². The summed E-state index contributed by atoms with van der Waals surface area (Å²) in [7, 11) is 0. The Hall–Kier alpha value is -4.44. The Labute approximate surface area is 236 Å². The highest BCUT2D eigenvalue weighted by Crippen LogP contribution is 2.30. The van der Waals surface area contributed by atoms with Crippen LogP contribution in [0.2, 0.25) is 0 Å². The summed E-state index contributed by atoms with van der Waals surface area (Å²) in [6, 6.07) is 20.2. The van der Waals surface area contributed by atoms with Crippen LogP contribution in [0.5, 0.6) is 5.75 Å². The van der Waals surface area contributed by atoms with Gasteiger partial charge in [0.2, 0.25) is 0 Å². The van der Waals surface area contributed by atoms with E-state index in [1.165, 1.54) is 0 Å². The summed E-state index contributed by atoms with van der Waals surface area (Å²) in [4.78, 5) is 16.7. The number of nitriles is 1. The van der Waals surface area contributed by atoms with Crippen molar-refractivity contribution in [1.29, 1.82) is 5.26 Å². The van der Waals surface area contributed by atoms with Crippen molar-refractivity contribution in [3.05, 3.63) is 96.0 Å². The Morgan fingerprint density at radius 3 is 2.45 bits per heavy atom. The lowest BCUT2D eigenvalue weighted by Gasteiger charge is -2.16. The normalized spacial score (nSPS) is 12.2. The van der Waals surface area contributed by atoms with E-state index in [9.17, 15) is 10.1 Å². The first-order valence-electron chi connectivity index (χ1n) is 13.6. The molecule has 0 spiro atoms. The molecule has 0 fully saturated rings. The first-order chi connectivity index (χ1) is 19.1. The average molecular weight is 537 g/mol. The fourth-order valence-corrected chi connectivity index (χ4v) is 4.44. The van der Waals surface area contributed by atoms with Crippen molar-refractivity contribution < 1.29 is 14.3 Å². The van der Waals surface area contributed by atoms with E-state index in [0.29, 0.717) is 19.0 Å². The van der Waals surface area contributed by atoms with Crippen LogP contribution in [-0.2, 0) is 21.6 Å². The summed E-state index contributed by atoms with van der Waals surface area (Å²) in [6.07, 6.45) is 3.97. The smallest absolute Gasteiger partial charge is 0.306 e. The lowest BCUT2D eigenvalue weighted by Crippen LogP contribution is -2.13. The number of rotatable bonds is 11. The second kappa shape index (κ2) is 12.2. The number of benzene rings is 2. The molecule has 0 saturated heterocycles. The van der Waals surface area contributed by atoms with E-state index in [4.69, 9.17) is 19.6 Å². The molecule has 0 aliphatic rings. The van der Waals surface area contributed by atoms with Crippen molar-refractivity contribution in [3.8, 4) is 22.9 Å². The van der Waals surface area contributed by atoms with Crippen molar-refractivity contribution in [2.75, 3.05) is 6.61 Å². The largest absolute Gasteiger partial charge is 0.489 e. The van der Waals surface area contributed by atoms with Crippen LogP contribution in [0.3, 0.4) is 0 Å². The highest BCUT2D eigenvalue weighted by molar-refractivity contribution is 5.78. The average Bonchev–Trinajstić information content (AvgIpc) is 3.40. The Morgan fingerprint density at radius 1 is 1.15 bits per heavy atom. The summed E-state index contributed by atoms with van der Waals surface area (Å²) >= 11 is 0. The van der Waals surface area contributed by atoms with Crippen molar-refractivity contribution >= 4 is 11.6 Å². The Bertz CT molecular complexity index is 1530. The van der Waals surface area contributed by atoms with Gasteiger partial charge < -0.3 is 9.47 Å². The number of esters is 1. The zero-order valence-electron chi connectivity index (χ0n) is 23.8. The molecule has 1 atom stereocenters. The van der Waals surface area contributed by atoms with E-state index in [1.54, 1.807) is 13.0 Å². The van der Waals surface area contributed by atoms with E-state index in [0.717, 1.165) is 39.3 Å². The number of hydrogen-bond acceptors (Lipinski definition) is 6. The fraction of sp³-hybridized carbons (Fsp3) is 0.333. The maximum absolute atomic E-state index is 11.9. The summed E-state index contributed by atoms with van der Waals surface area (Å²) in [6.45, 7) is 14.3. The van der Waals surface area contributed by atoms with Crippen LogP contribution in [0.25, 0.3) is 16.8 Å². The van der Waals surface area contributed by atoms with Gasteiger partial charge in [-0.2, -0.15) is 10.4 Å². The van der Waals surface area contributed by atoms with E-state index in [1.807, 2.05) is 73.1 Å². The Morgan fingerprint density at radius 2 is 1.85 bits per heavy atom. The summed E-state index contributed by atoms with van der Waals surface area (Å²) in [5.74, 6) is 1.32. The number of carbonyl (C=O) groups excluding carboxylic acids is 1. The molecule has 0 aliphatic heterocycles. The number of nitrogens with zero attached hydrogens (tertiary/aromatic N) is 4. The molecule has 2 aromatic heterocycles. The molecule has 40 heavy (non-hydrogen) atoms. The van der Waals surface area contributed by atoms with Gasteiger partial charge in [-0.25, -0.2) is 9.50 Å². The van der Waals surface area contributed by atoms with Gasteiger partial charge in [-0.1, -0.05) is 56.3 Å². The Kier molecular flexibility index (Phi) is 8.69. The van der Waals surface area contributed by atoms with Crippen LogP contribution in [0.4, 0.5) is 0 Å². The number of ether oxygens (including phenoxy) is 2. The molecule has 0 saturated carbocycles. The molecule has 206 valence electrons. The molecule has 2 heterocycles. The number of hydrogen-bond donors (Lipinski definition) is 0. The number of fused-ring (bicyclic) bond motifs is 1. The maximum Gasteiger partial charge on any atom is 0.306 e. The molecule has 0 radical (unpaired) electrons. The summed E-state index contributed by atoms with van der Waals surface area (Å²) < 4.78 is 13.0. The highest BCUT2D eigenvalue weighted by Gasteiger charge is 2.20. The number of aromatic nitrogens is 3. The minimum absolute atomic E-state index is 0.120. The van der Waals surface area contributed by atoms with Gasteiger partial charge >= 0.3 is 5.97 Å². The first-order valence-corrected chi connectivity index (χ1v) is 13.6. The van der Waals surface area contributed by atoms with E-state index < -0.39 is 5.41 Å². The van der Waals surface area contributed by atoms with E-state index in [-0.39, 0.29) is 24.2 Å². The fourth-order valence-electron chi connectivity index (χ4n) is 4.44. The second-order valence-corrected chi connectivity index (χ2v) is 10.7. The maximum atomic E-state index is 11.9. The number of carbonyl (C=O) groups is 1. The number of pyridine rings is 1. The van der Waals surface area contributed by atoms with E-state index in [2.05, 4.69) is 32.6 Å². The molecular weight excluding hydrogens is 500 g/mol. The van der Waals surface area contributed by atoms with E-state index >= 15 is 0 Å². The topological polar surface area (TPSA) is 89.5 Å². The standard InChI is InChI=1S/C33H36N4O3/c1-7-24(18-30(38)39-8-2)25-11-15-28(16-12-25)40-20-23-17-29(32-35-31(22(3)4)36-37(32)19-23)26-9-13-27(14-10-26)33(5,6)21-34/h7,9-17,19,22,24H,1,8,18,20H2,2-6H3/t24-/m0/s1. The summed E-state index contributed by atoms with van der Waals surface area (Å²) in [5.41, 5.74) is 5.04. The van der Waals surface area contributed by atoms with Crippen LogP contribution in [0, 0.1) is 11.3 Å². The zero-order valence-corrected chi connectivity index (χ0v) is 23.8. The third kappa shape index (κ3) is 6.40. The Balaban J connectivity index is 1.59. The first kappa shape index (κ1) is 28.6. The molecule has 7 heteroatoms. The molecule has 2 aromatic carbocycles. The van der Waals surface area contributed by atoms with Crippen molar-refractivity contribution in [1.82, 2.24) is 14.6 Å². The molecule has 0 unspecified atom stereocenters. The van der Waals surface area contributed by atoms with Crippen LogP contribution in [0.1, 0.15) is 75.4 Å². The van der Waals surface area contributed by atoms with Crippen LogP contribution in [-0.4, -0.2) is 27.2 Å². The van der Waals surface area contributed by atoms with Gasteiger partial charge in [0.1, 0.15) is 12.4 Å². The monoisotopic (exact) mass is 536 g/mol. The van der Waals surface area contributed by atoms with Gasteiger partial charge in [0.15, 0.2) is 11.5 Å². The van der Waals surface area contributed by atoms with Crippen molar-refractivity contribution in [3.63, 3.8) is 0 Å². The minimum Gasteiger partial charge on any atom is -0.489 e. The van der Waals surface area contributed by atoms with Crippen molar-refractivity contribution in [2.24, 2.45) is 0 Å². The van der Waals surface area contributed by atoms with Gasteiger partial charge in [-0.05, 0) is 55.7 Å². The molecule has 0 amide bonds. The van der Waals surface area contributed by atoms with Crippen molar-refractivity contribution in [2.45, 2.75) is 64.9 Å². The van der Waals surface area contributed by atoms with Gasteiger partial charge in [0, 0.05) is 29.2 Å². The molecule has 0 bridgehead atoms. The van der Waals surface area contributed by atoms with Gasteiger partial charge in [0.05, 0.1) is 24.5 Å². The third-order valence-electron chi connectivity index (χ3n) is 6.91.